The van der Waals surface area contributed by atoms with Crippen LogP contribution < -0.4 is 5.32 Å². The van der Waals surface area contributed by atoms with Gasteiger partial charge in [0, 0.05) is 42.0 Å². The first-order chi connectivity index (χ1) is 18.2. The lowest BCUT2D eigenvalue weighted by molar-refractivity contribution is -0.127. The van der Waals surface area contributed by atoms with Crippen molar-refractivity contribution in [3.63, 3.8) is 0 Å². The highest BCUT2D eigenvalue weighted by Gasteiger charge is 2.30. The summed E-state index contributed by atoms with van der Waals surface area (Å²) in [7, 11) is 0. The number of pyridine rings is 2. The van der Waals surface area contributed by atoms with E-state index in [0.29, 0.717) is 12.5 Å². The minimum atomic E-state index is 0.119. The third kappa shape index (κ3) is 6.27. The van der Waals surface area contributed by atoms with E-state index in [2.05, 4.69) is 58.3 Å². The molecule has 5 rings (SSSR count). The predicted molar refractivity (Wildman–Crippen MR) is 150 cm³/mol. The molecule has 0 bridgehead atoms. The van der Waals surface area contributed by atoms with Crippen LogP contribution in [0.15, 0.2) is 73.2 Å². The van der Waals surface area contributed by atoms with E-state index in [9.17, 15) is 4.79 Å². The molecule has 0 spiro atoms. The molecule has 3 heterocycles. The van der Waals surface area contributed by atoms with Crippen LogP contribution in [-0.2, 0) is 17.9 Å². The zero-order chi connectivity index (χ0) is 25.5. The van der Waals surface area contributed by atoms with Gasteiger partial charge in [-0.3, -0.25) is 9.78 Å². The van der Waals surface area contributed by atoms with Gasteiger partial charge in [0.1, 0.15) is 5.65 Å². The summed E-state index contributed by atoms with van der Waals surface area (Å²) in [4.78, 5) is 22.2. The Labute approximate surface area is 220 Å². The number of amides is 1. The fourth-order valence-electron chi connectivity index (χ4n) is 5.83. The molecule has 0 aliphatic heterocycles. The summed E-state index contributed by atoms with van der Waals surface area (Å²) >= 11 is 0. The van der Waals surface area contributed by atoms with Gasteiger partial charge in [-0.25, -0.2) is 4.98 Å². The second kappa shape index (κ2) is 12.2. The lowest BCUT2D eigenvalue weighted by Gasteiger charge is -2.22. The molecule has 1 atom stereocenters. The van der Waals surface area contributed by atoms with Crippen LogP contribution in [-0.4, -0.2) is 20.4 Å². The van der Waals surface area contributed by atoms with Gasteiger partial charge < -0.3 is 9.88 Å². The molecule has 1 aromatic carbocycles. The molecule has 192 valence electrons. The number of carbonyl (C=O) groups excluding carboxylic acids is 1. The van der Waals surface area contributed by atoms with Crippen molar-refractivity contribution in [1.82, 2.24) is 19.9 Å². The maximum absolute atomic E-state index is 13.1. The van der Waals surface area contributed by atoms with Crippen molar-refractivity contribution < 1.29 is 4.79 Å². The molecule has 0 saturated heterocycles. The Morgan fingerprint density at radius 2 is 1.78 bits per heavy atom. The van der Waals surface area contributed by atoms with Crippen LogP contribution in [0.1, 0.15) is 62.6 Å². The molecular weight excluding hydrogens is 456 g/mol. The van der Waals surface area contributed by atoms with Gasteiger partial charge in [0.15, 0.2) is 0 Å². The fourth-order valence-corrected chi connectivity index (χ4v) is 5.83. The number of nitrogens with zero attached hydrogens (tertiary/aromatic N) is 3. The quantitative estimate of drug-likeness (QED) is 0.226. The van der Waals surface area contributed by atoms with Crippen LogP contribution in [0.2, 0.25) is 0 Å². The molecule has 1 aliphatic carbocycles. The Bertz CT molecular complexity index is 1290. The summed E-state index contributed by atoms with van der Waals surface area (Å²) in [5.74, 6) is 0.854. The van der Waals surface area contributed by atoms with Gasteiger partial charge >= 0.3 is 0 Å². The first kappa shape index (κ1) is 25.2. The fraction of sp³-hybridized carbons (Fsp3) is 0.406. The van der Waals surface area contributed by atoms with Crippen LogP contribution in [0.3, 0.4) is 0 Å². The number of rotatable bonds is 11. The van der Waals surface area contributed by atoms with Crippen LogP contribution in [0.25, 0.3) is 22.2 Å². The van der Waals surface area contributed by atoms with Gasteiger partial charge in [0.2, 0.25) is 5.91 Å². The summed E-state index contributed by atoms with van der Waals surface area (Å²) in [6.45, 7) is 3.58. The lowest BCUT2D eigenvalue weighted by atomic mass is 9.85. The molecule has 1 aliphatic rings. The van der Waals surface area contributed by atoms with Crippen molar-refractivity contribution in [2.75, 3.05) is 0 Å². The van der Waals surface area contributed by atoms with E-state index in [1.807, 2.05) is 30.5 Å². The lowest BCUT2D eigenvalue weighted by Crippen LogP contribution is -2.34. The van der Waals surface area contributed by atoms with Gasteiger partial charge in [-0.15, -0.1) is 0 Å². The summed E-state index contributed by atoms with van der Waals surface area (Å²) in [6.07, 6.45) is 15.1. The smallest absolute Gasteiger partial charge is 0.223 e. The van der Waals surface area contributed by atoms with Gasteiger partial charge in [-0.05, 0) is 68.4 Å². The second-order valence-corrected chi connectivity index (χ2v) is 10.5. The van der Waals surface area contributed by atoms with Crippen molar-refractivity contribution in [3.8, 4) is 11.1 Å². The molecule has 3 aromatic heterocycles. The van der Waals surface area contributed by atoms with E-state index in [0.717, 1.165) is 43.6 Å². The third-order valence-electron chi connectivity index (χ3n) is 7.89. The average Bonchev–Trinajstić information content (AvgIpc) is 3.59. The molecule has 0 radical (unpaired) electrons. The van der Waals surface area contributed by atoms with Crippen molar-refractivity contribution in [1.29, 1.82) is 0 Å². The van der Waals surface area contributed by atoms with Crippen LogP contribution in [0.4, 0.5) is 0 Å². The van der Waals surface area contributed by atoms with E-state index in [-0.39, 0.29) is 11.8 Å². The standard InChI is InChI=1S/C32H38N4O/c1-24-15-17-26(18-16-24)30-23-36(31-29(30)14-9-20-34-31)21-8-2-3-13-28(25-10-4-5-11-25)32(37)35-22-27-12-6-7-19-33-27/h6-7,9,12,14-20,23,25,28H,2-5,8,10-11,13,21-22H2,1H3,(H,35,37). The number of carbonyl (C=O) groups is 1. The van der Waals surface area contributed by atoms with Gasteiger partial charge in [-0.2, -0.15) is 0 Å². The Morgan fingerprint density at radius 3 is 2.57 bits per heavy atom. The number of unbranched alkanes of at least 4 members (excludes halogenated alkanes) is 2. The van der Waals surface area contributed by atoms with E-state index in [1.165, 1.54) is 47.8 Å². The summed E-state index contributed by atoms with van der Waals surface area (Å²) < 4.78 is 2.30. The number of hydrogen-bond acceptors (Lipinski definition) is 3. The molecule has 1 fully saturated rings. The van der Waals surface area contributed by atoms with E-state index in [4.69, 9.17) is 4.98 Å². The third-order valence-corrected chi connectivity index (χ3v) is 7.89. The predicted octanol–water partition coefficient (Wildman–Crippen LogP) is 7.09. The van der Waals surface area contributed by atoms with Gasteiger partial charge in [0.05, 0.1) is 12.2 Å². The Kier molecular flexibility index (Phi) is 8.29. The van der Waals surface area contributed by atoms with Gasteiger partial charge in [-0.1, -0.05) is 61.6 Å². The van der Waals surface area contributed by atoms with E-state index >= 15 is 0 Å². The highest BCUT2D eigenvalue weighted by atomic mass is 16.1. The Hall–Kier alpha value is -3.47. The van der Waals surface area contributed by atoms with Gasteiger partial charge in [0.25, 0.3) is 0 Å². The Balaban J connectivity index is 1.17. The largest absolute Gasteiger partial charge is 0.350 e. The highest BCUT2D eigenvalue weighted by molar-refractivity contribution is 5.94. The minimum Gasteiger partial charge on any atom is -0.350 e. The molecule has 4 aromatic rings. The van der Waals surface area contributed by atoms with Crippen LogP contribution >= 0.6 is 0 Å². The van der Waals surface area contributed by atoms with Crippen molar-refractivity contribution >= 4 is 16.9 Å². The molecule has 37 heavy (non-hydrogen) atoms. The number of aromatic nitrogens is 3. The monoisotopic (exact) mass is 494 g/mol. The second-order valence-electron chi connectivity index (χ2n) is 10.5. The zero-order valence-corrected chi connectivity index (χ0v) is 21.9. The van der Waals surface area contributed by atoms with E-state index < -0.39 is 0 Å². The van der Waals surface area contributed by atoms with E-state index in [1.54, 1.807) is 6.20 Å². The number of fused-ring (bicyclic) bond motifs is 1. The summed E-state index contributed by atoms with van der Waals surface area (Å²) in [6, 6.07) is 18.8. The first-order valence-electron chi connectivity index (χ1n) is 13.9. The molecule has 1 amide bonds. The minimum absolute atomic E-state index is 0.119. The molecule has 1 unspecified atom stereocenters. The highest BCUT2D eigenvalue weighted by Crippen LogP contribution is 2.35. The number of benzene rings is 1. The zero-order valence-electron chi connectivity index (χ0n) is 21.9. The number of hydrogen-bond donors (Lipinski definition) is 1. The average molecular weight is 495 g/mol. The topological polar surface area (TPSA) is 59.8 Å². The van der Waals surface area contributed by atoms with Crippen LogP contribution in [0.5, 0.6) is 0 Å². The normalized spacial score (nSPS) is 14.7. The summed E-state index contributed by atoms with van der Waals surface area (Å²) in [5.41, 5.74) is 5.72. The molecule has 1 N–H and O–H groups in total. The maximum atomic E-state index is 13.1. The van der Waals surface area contributed by atoms with Crippen LogP contribution in [0, 0.1) is 18.8 Å². The molecule has 5 nitrogen and oxygen atoms in total. The number of aryl methyl sites for hydroxylation is 2. The SMILES string of the molecule is Cc1ccc(-c2cn(CCCCCC(C(=O)NCc3ccccn3)C3CCCC3)c3ncccc23)cc1. The first-order valence-corrected chi connectivity index (χ1v) is 13.9. The van der Waals surface area contributed by atoms with Crippen molar-refractivity contribution in [2.45, 2.75) is 71.4 Å². The Morgan fingerprint density at radius 1 is 0.973 bits per heavy atom. The number of nitrogens with one attached hydrogen (secondary N) is 1. The molecule has 5 heteroatoms. The molecule has 1 saturated carbocycles. The van der Waals surface area contributed by atoms with Crippen molar-refractivity contribution in [2.24, 2.45) is 11.8 Å². The maximum Gasteiger partial charge on any atom is 0.223 e. The molecular formula is C32H38N4O. The van der Waals surface area contributed by atoms with Crippen molar-refractivity contribution in [3.05, 3.63) is 84.4 Å². The summed E-state index contributed by atoms with van der Waals surface area (Å²) in [5, 5.41) is 4.38.